The number of aliphatic hydroxyl groups excluding tert-OH is 1. The van der Waals surface area contributed by atoms with Crippen molar-refractivity contribution >= 4 is 15.8 Å². The molecule has 1 unspecified atom stereocenters. The molecule has 0 saturated heterocycles. The van der Waals surface area contributed by atoms with Gasteiger partial charge in [0.15, 0.2) is 0 Å². The second-order valence-corrected chi connectivity index (χ2v) is 4.63. The van der Waals surface area contributed by atoms with Crippen LogP contribution in [0.2, 0.25) is 0 Å². The molecule has 1 aromatic carbocycles. The average molecular weight is 232 g/mol. The quantitative estimate of drug-likeness (QED) is 0.495. The van der Waals surface area contributed by atoms with Crippen molar-refractivity contribution in [2.75, 3.05) is 5.73 Å². The second kappa shape index (κ2) is 4.15. The van der Waals surface area contributed by atoms with Crippen LogP contribution in [0.5, 0.6) is 0 Å². The molecule has 0 amide bonds. The van der Waals surface area contributed by atoms with E-state index in [1.165, 1.54) is 25.1 Å². The van der Waals surface area contributed by atoms with Gasteiger partial charge in [-0.15, -0.1) is 0 Å². The van der Waals surface area contributed by atoms with Crippen LogP contribution in [0, 0.1) is 0 Å². The average Bonchev–Trinajstić information content (AvgIpc) is 2.16. The highest BCUT2D eigenvalue weighted by molar-refractivity contribution is 7.86. The summed E-state index contributed by atoms with van der Waals surface area (Å²) in [4.78, 5) is -0.180. The summed E-state index contributed by atoms with van der Waals surface area (Å²) in [6.45, 7) is 1.49. The number of rotatable bonds is 3. The molecule has 1 rings (SSSR count). The van der Waals surface area contributed by atoms with Crippen molar-refractivity contribution in [1.29, 1.82) is 0 Å². The normalized spacial score (nSPS) is 13.8. The van der Waals surface area contributed by atoms with Crippen LogP contribution in [0.1, 0.15) is 18.6 Å². The summed E-state index contributed by atoms with van der Waals surface area (Å²) in [6.07, 6.45) is -0.819. The Morgan fingerprint density at radius 2 is 2.00 bits per heavy atom. The lowest BCUT2D eigenvalue weighted by Crippen LogP contribution is -2.12. The van der Waals surface area contributed by atoms with E-state index in [0.717, 1.165) is 0 Å². The number of nitrogen functional groups attached to an aromatic ring is 1. The van der Waals surface area contributed by atoms with Crippen LogP contribution in [-0.4, -0.2) is 13.5 Å². The first-order valence-corrected chi connectivity index (χ1v) is 5.49. The highest BCUT2D eigenvalue weighted by atomic mass is 32.2. The van der Waals surface area contributed by atoms with Gasteiger partial charge in [0.25, 0.3) is 0 Å². The van der Waals surface area contributed by atoms with Gasteiger partial charge in [0.2, 0.25) is 0 Å². The standard InChI is InChI=1S/C8H12N2O4S/c1-5(11)6-2-7(9)4-8(3-6)15(12,13)14-10/h2-5,11H,9-10H2,1H3. The van der Waals surface area contributed by atoms with E-state index in [1.807, 2.05) is 0 Å². The molecule has 5 N–H and O–H groups in total. The van der Waals surface area contributed by atoms with Gasteiger partial charge in [-0.3, -0.25) is 0 Å². The zero-order valence-corrected chi connectivity index (χ0v) is 8.86. The monoisotopic (exact) mass is 232 g/mol. The first kappa shape index (κ1) is 11.9. The molecule has 0 radical (unpaired) electrons. The van der Waals surface area contributed by atoms with Crippen molar-refractivity contribution in [3.8, 4) is 0 Å². The third-order valence-corrected chi connectivity index (χ3v) is 2.92. The number of nitrogens with two attached hydrogens (primary N) is 2. The van der Waals surface area contributed by atoms with Crippen molar-refractivity contribution in [2.45, 2.75) is 17.9 Å². The summed E-state index contributed by atoms with van der Waals surface area (Å²) in [5.74, 6) is 4.62. The van der Waals surface area contributed by atoms with Crippen molar-refractivity contribution < 1.29 is 17.8 Å². The van der Waals surface area contributed by atoms with Gasteiger partial charge >= 0.3 is 10.1 Å². The number of anilines is 1. The Balaban J connectivity index is 3.33. The molecule has 0 spiro atoms. The predicted octanol–water partition coefficient (Wildman–Crippen LogP) is -0.0989. The molecule has 0 aliphatic carbocycles. The molecule has 0 heterocycles. The molecule has 0 saturated carbocycles. The summed E-state index contributed by atoms with van der Waals surface area (Å²) >= 11 is 0. The number of hydrogen-bond donors (Lipinski definition) is 3. The van der Waals surface area contributed by atoms with E-state index < -0.39 is 16.2 Å². The summed E-state index contributed by atoms with van der Waals surface area (Å²) in [5.41, 5.74) is 6.07. The van der Waals surface area contributed by atoms with E-state index in [4.69, 9.17) is 5.73 Å². The molecule has 0 aliphatic heterocycles. The van der Waals surface area contributed by atoms with Crippen LogP contribution in [-0.2, 0) is 14.4 Å². The number of aliphatic hydroxyl groups is 1. The van der Waals surface area contributed by atoms with Gasteiger partial charge in [-0.2, -0.15) is 18.6 Å². The van der Waals surface area contributed by atoms with Crippen molar-refractivity contribution in [2.24, 2.45) is 5.90 Å². The van der Waals surface area contributed by atoms with E-state index in [-0.39, 0.29) is 10.6 Å². The Morgan fingerprint density at radius 3 is 2.47 bits per heavy atom. The summed E-state index contributed by atoms with van der Waals surface area (Å²) in [7, 11) is -3.99. The highest BCUT2D eigenvalue weighted by Gasteiger charge is 2.16. The Morgan fingerprint density at radius 1 is 1.40 bits per heavy atom. The van der Waals surface area contributed by atoms with Crippen molar-refractivity contribution in [3.05, 3.63) is 23.8 Å². The molecule has 0 aromatic heterocycles. The fourth-order valence-corrected chi connectivity index (χ4v) is 1.76. The number of hydrogen-bond acceptors (Lipinski definition) is 6. The maximum Gasteiger partial charge on any atom is 0.312 e. The molecular formula is C8H12N2O4S. The number of benzene rings is 1. The van der Waals surface area contributed by atoms with Crippen molar-refractivity contribution in [1.82, 2.24) is 0 Å². The van der Waals surface area contributed by atoms with Crippen LogP contribution in [0.15, 0.2) is 23.1 Å². The van der Waals surface area contributed by atoms with E-state index in [9.17, 15) is 13.5 Å². The Bertz CT molecular complexity index is 456. The molecule has 1 atom stereocenters. The molecular weight excluding hydrogens is 220 g/mol. The summed E-state index contributed by atoms with van der Waals surface area (Å²) in [5, 5.41) is 9.29. The Hall–Kier alpha value is -1.15. The van der Waals surface area contributed by atoms with E-state index >= 15 is 0 Å². The molecule has 15 heavy (non-hydrogen) atoms. The second-order valence-electron chi connectivity index (χ2n) is 3.06. The predicted molar refractivity (Wildman–Crippen MR) is 53.9 cm³/mol. The van der Waals surface area contributed by atoms with Gasteiger partial charge in [-0.05, 0) is 30.7 Å². The van der Waals surface area contributed by atoms with Crippen LogP contribution >= 0.6 is 0 Å². The van der Waals surface area contributed by atoms with Gasteiger partial charge in [-0.25, -0.2) is 0 Å². The Kier molecular flexibility index (Phi) is 3.30. The Labute approximate surface area is 87.5 Å². The lowest BCUT2D eigenvalue weighted by atomic mass is 10.1. The third kappa shape index (κ3) is 2.66. The molecule has 7 heteroatoms. The molecule has 1 aromatic rings. The summed E-state index contributed by atoms with van der Waals surface area (Å²) < 4.78 is 26.3. The van der Waals surface area contributed by atoms with Gasteiger partial charge in [-0.1, -0.05) is 0 Å². The van der Waals surface area contributed by atoms with Gasteiger partial charge in [0, 0.05) is 5.69 Å². The van der Waals surface area contributed by atoms with Gasteiger partial charge in [0.05, 0.1) is 11.0 Å². The SMILES string of the molecule is CC(O)c1cc(N)cc(S(=O)(=O)ON)c1. The van der Waals surface area contributed by atoms with Crippen molar-refractivity contribution in [3.63, 3.8) is 0 Å². The first-order valence-electron chi connectivity index (χ1n) is 4.08. The minimum absolute atomic E-state index is 0.180. The first-order chi connectivity index (χ1) is 6.86. The van der Waals surface area contributed by atoms with Crippen LogP contribution in [0.3, 0.4) is 0 Å². The largest absolute Gasteiger partial charge is 0.399 e. The van der Waals surface area contributed by atoms with E-state index in [1.54, 1.807) is 0 Å². The molecule has 0 fully saturated rings. The fraction of sp³-hybridized carbons (Fsp3) is 0.250. The van der Waals surface area contributed by atoms with Crippen LogP contribution in [0.25, 0.3) is 0 Å². The zero-order valence-electron chi connectivity index (χ0n) is 8.04. The maximum absolute atomic E-state index is 11.2. The minimum Gasteiger partial charge on any atom is -0.399 e. The third-order valence-electron chi connectivity index (χ3n) is 1.85. The van der Waals surface area contributed by atoms with E-state index in [0.29, 0.717) is 5.56 Å². The maximum atomic E-state index is 11.2. The van der Waals surface area contributed by atoms with Crippen LogP contribution < -0.4 is 11.6 Å². The lowest BCUT2D eigenvalue weighted by Gasteiger charge is -2.08. The van der Waals surface area contributed by atoms with Crippen LogP contribution in [0.4, 0.5) is 5.69 Å². The van der Waals surface area contributed by atoms with Gasteiger partial charge in [0.1, 0.15) is 0 Å². The zero-order chi connectivity index (χ0) is 11.6. The minimum atomic E-state index is -3.99. The molecule has 0 aliphatic rings. The van der Waals surface area contributed by atoms with E-state index in [2.05, 4.69) is 10.2 Å². The molecule has 84 valence electrons. The molecule has 6 nitrogen and oxygen atoms in total. The van der Waals surface area contributed by atoms with Gasteiger partial charge < -0.3 is 10.8 Å². The fourth-order valence-electron chi connectivity index (χ4n) is 1.09. The lowest BCUT2D eigenvalue weighted by molar-refractivity contribution is 0.199. The molecule has 0 bridgehead atoms. The topological polar surface area (TPSA) is 116 Å². The highest BCUT2D eigenvalue weighted by Crippen LogP contribution is 2.22. The smallest absolute Gasteiger partial charge is 0.312 e. The summed E-state index contributed by atoms with van der Waals surface area (Å²) in [6, 6.07) is 3.93.